The molecule has 0 aliphatic carbocycles. The van der Waals surface area contributed by atoms with E-state index in [1.165, 1.54) is 0 Å². The minimum absolute atomic E-state index is 0.0756. The minimum atomic E-state index is -0.113. The molecule has 1 aliphatic rings. The van der Waals surface area contributed by atoms with Gasteiger partial charge in [-0.3, -0.25) is 4.40 Å². The molecule has 2 amide bonds. The predicted octanol–water partition coefficient (Wildman–Crippen LogP) is 5.64. The quantitative estimate of drug-likeness (QED) is 0.309. The van der Waals surface area contributed by atoms with Crippen LogP contribution in [-0.2, 0) is 11.2 Å². The summed E-state index contributed by atoms with van der Waals surface area (Å²) in [6, 6.07) is 13.4. The molecule has 1 fully saturated rings. The molecule has 194 valence electrons. The summed E-state index contributed by atoms with van der Waals surface area (Å²) in [6.07, 6.45) is 4.81. The van der Waals surface area contributed by atoms with Crippen LogP contribution in [-0.4, -0.2) is 60.3 Å². The van der Waals surface area contributed by atoms with Crippen LogP contribution < -0.4 is 14.8 Å². The smallest absolute Gasteiger partial charge is 0.321 e. The number of thiazole rings is 1. The van der Waals surface area contributed by atoms with Crippen molar-refractivity contribution in [1.82, 2.24) is 14.3 Å². The van der Waals surface area contributed by atoms with Gasteiger partial charge in [-0.05, 0) is 50.1 Å². The molecule has 1 unspecified atom stereocenters. The van der Waals surface area contributed by atoms with E-state index in [0.29, 0.717) is 19.5 Å². The molecule has 1 aliphatic heterocycles. The van der Waals surface area contributed by atoms with Gasteiger partial charge in [0.2, 0.25) is 0 Å². The van der Waals surface area contributed by atoms with Crippen molar-refractivity contribution < 1.29 is 19.0 Å². The number of hydrogen-bond donors (Lipinski definition) is 1. The molecule has 3 heterocycles. The first-order valence-corrected chi connectivity index (χ1v) is 13.3. The summed E-state index contributed by atoms with van der Waals surface area (Å²) in [4.78, 5) is 20.8. The molecule has 37 heavy (non-hydrogen) atoms. The van der Waals surface area contributed by atoms with Crippen LogP contribution in [0.5, 0.6) is 11.5 Å². The Bertz CT molecular complexity index is 1360. The van der Waals surface area contributed by atoms with Gasteiger partial charge in [-0.15, -0.1) is 11.3 Å². The molecular formula is C28H32N4O4S. The van der Waals surface area contributed by atoms with E-state index < -0.39 is 0 Å². The molecule has 5 rings (SSSR count). The first-order chi connectivity index (χ1) is 18.0. The van der Waals surface area contributed by atoms with Crippen LogP contribution in [0.4, 0.5) is 10.5 Å². The number of methoxy groups -OCH3 is 2. The highest BCUT2D eigenvalue weighted by atomic mass is 32.1. The SMILES string of the molecule is COc1ccc(OC)c(-c2cn3c(CCN(CC4CCCO4)C(=O)Nc4ccc(C)cc4)csc3n2)c1. The highest BCUT2D eigenvalue weighted by Crippen LogP contribution is 2.34. The highest BCUT2D eigenvalue weighted by Gasteiger charge is 2.23. The normalized spacial score (nSPS) is 15.2. The van der Waals surface area contributed by atoms with E-state index in [1.807, 2.05) is 60.5 Å². The number of nitrogens with zero attached hydrogens (tertiary/aromatic N) is 3. The van der Waals surface area contributed by atoms with Gasteiger partial charge >= 0.3 is 6.03 Å². The Hall–Kier alpha value is -3.56. The standard InChI is InChI=1S/C28H32N4O4S/c1-19-6-8-20(9-7-19)29-27(33)31(16-23-5-4-14-36-23)13-12-21-18-37-28-30-25(17-32(21)28)24-15-22(34-2)10-11-26(24)35-3/h6-11,15,17-18,23H,4-5,12-14,16H2,1-3H3,(H,29,33). The first kappa shape index (κ1) is 25.1. The summed E-state index contributed by atoms with van der Waals surface area (Å²) in [5.74, 6) is 1.49. The largest absolute Gasteiger partial charge is 0.497 e. The van der Waals surface area contributed by atoms with Crippen molar-refractivity contribution in [3.63, 3.8) is 0 Å². The highest BCUT2D eigenvalue weighted by molar-refractivity contribution is 7.15. The van der Waals surface area contributed by atoms with E-state index >= 15 is 0 Å². The number of anilines is 1. The first-order valence-electron chi connectivity index (χ1n) is 12.5. The van der Waals surface area contributed by atoms with Gasteiger partial charge in [0.15, 0.2) is 4.96 Å². The summed E-state index contributed by atoms with van der Waals surface area (Å²) in [6.45, 7) is 3.93. The molecule has 8 nitrogen and oxygen atoms in total. The maximum Gasteiger partial charge on any atom is 0.321 e. The monoisotopic (exact) mass is 520 g/mol. The van der Waals surface area contributed by atoms with Gasteiger partial charge in [0.05, 0.1) is 26.0 Å². The molecule has 2 aromatic heterocycles. The summed E-state index contributed by atoms with van der Waals surface area (Å²) >= 11 is 1.59. The lowest BCUT2D eigenvalue weighted by Crippen LogP contribution is -2.41. The van der Waals surface area contributed by atoms with Gasteiger partial charge in [-0.2, -0.15) is 0 Å². The molecular weight excluding hydrogens is 488 g/mol. The number of aryl methyl sites for hydroxylation is 1. The van der Waals surface area contributed by atoms with E-state index in [9.17, 15) is 4.79 Å². The molecule has 1 saturated heterocycles. The van der Waals surface area contributed by atoms with E-state index in [0.717, 1.165) is 64.1 Å². The van der Waals surface area contributed by atoms with Gasteiger partial charge < -0.3 is 24.4 Å². The van der Waals surface area contributed by atoms with Gasteiger partial charge in [-0.25, -0.2) is 9.78 Å². The minimum Gasteiger partial charge on any atom is -0.497 e. The van der Waals surface area contributed by atoms with Crippen LogP contribution in [0.2, 0.25) is 0 Å². The van der Waals surface area contributed by atoms with Crippen molar-refractivity contribution >= 4 is 28.0 Å². The van der Waals surface area contributed by atoms with E-state index in [2.05, 4.69) is 15.1 Å². The molecule has 0 bridgehead atoms. The van der Waals surface area contributed by atoms with E-state index in [1.54, 1.807) is 25.6 Å². The zero-order chi connectivity index (χ0) is 25.8. The molecule has 0 saturated carbocycles. The Morgan fingerprint density at radius 1 is 1.22 bits per heavy atom. The van der Waals surface area contributed by atoms with Crippen molar-refractivity contribution in [3.05, 3.63) is 65.3 Å². The second-order valence-corrected chi connectivity index (χ2v) is 10.0. The fourth-order valence-electron chi connectivity index (χ4n) is 4.55. The summed E-state index contributed by atoms with van der Waals surface area (Å²) in [7, 11) is 3.30. The second kappa shape index (κ2) is 11.2. The van der Waals surface area contributed by atoms with Gasteiger partial charge in [0, 0.05) is 54.6 Å². The number of ether oxygens (including phenoxy) is 3. The summed E-state index contributed by atoms with van der Waals surface area (Å²) in [5, 5.41) is 5.16. The molecule has 0 radical (unpaired) electrons. The van der Waals surface area contributed by atoms with Crippen molar-refractivity contribution in [3.8, 4) is 22.8 Å². The van der Waals surface area contributed by atoms with Crippen molar-refractivity contribution in [2.75, 3.05) is 39.2 Å². The van der Waals surface area contributed by atoms with Crippen LogP contribution in [0.1, 0.15) is 24.1 Å². The summed E-state index contributed by atoms with van der Waals surface area (Å²) < 4.78 is 18.9. The zero-order valence-corrected chi connectivity index (χ0v) is 22.2. The zero-order valence-electron chi connectivity index (χ0n) is 21.4. The maximum atomic E-state index is 13.2. The lowest BCUT2D eigenvalue weighted by atomic mass is 10.1. The Morgan fingerprint density at radius 2 is 2.05 bits per heavy atom. The Kier molecular flexibility index (Phi) is 7.62. The van der Waals surface area contributed by atoms with Crippen molar-refractivity contribution in [1.29, 1.82) is 0 Å². The number of rotatable bonds is 9. The molecule has 2 aromatic carbocycles. The van der Waals surface area contributed by atoms with Crippen molar-refractivity contribution in [2.45, 2.75) is 32.3 Å². The number of aromatic nitrogens is 2. The molecule has 1 N–H and O–H groups in total. The molecule has 0 spiro atoms. The Labute approximate surface area is 220 Å². The molecule has 9 heteroatoms. The average molecular weight is 521 g/mol. The number of hydrogen-bond acceptors (Lipinski definition) is 6. The van der Waals surface area contributed by atoms with E-state index in [-0.39, 0.29) is 12.1 Å². The average Bonchev–Trinajstić information content (AvgIpc) is 3.66. The Morgan fingerprint density at radius 3 is 2.78 bits per heavy atom. The number of nitrogens with one attached hydrogen (secondary N) is 1. The molecule has 1 atom stereocenters. The topological polar surface area (TPSA) is 77.3 Å². The third-order valence-electron chi connectivity index (χ3n) is 6.64. The van der Waals surface area contributed by atoms with Crippen LogP contribution in [0.25, 0.3) is 16.2 Å². The third kappa shape index (κ3) is 5.73. The van der Waals surface area contributed by atoms with E-state index in [4.69, 9.17) is 19.2 Å². The van der Waals surface area contributed by atoms with Gasteiger partial charge in [-0.1, -0.05) is 17.7 Å². The van der Waals surface area contributed by atoms with Crippen LogP contribution in [0.3, 0.4) is 0 Å². The maximum absolute atomic E-state index is 13.2. The summed E-state index contributed by atoms with van der Waals surface area (Å²) in [5.41, 5.74) is 4.73. The number of fused-ring (bicyclic) bond motifs is 1. The molecule has 4 aromatic rings. The van der Waals surface area contributed by atoms with Gasteiger partial charge in [0.1, 0.15) is 11.5 Å². The predicted molar refractivity (Wildman–Crippen MR) is 146 cm³/mol. The number of benzene rings is 2. The fraction of sp³-hybridized carbons (Fsp3) is 0.357. The van der Waals surface area contributed by atoms with Crippen LogP contribution >= 0.6 is 11.3 Å². The number of carbonyl (C=O) groups excluding carboxylic acids is 1. The lowest BCUT2D eigenvalue weighted by molar-refractivity contribution is 0.0838. The van der Waals surface area contributed by atoms with Gasteiger partial charge in [0.25, 0.3) is 0 Å². The number of imidazole rings is 1. The number of carbonyl (C=O) groups is 1. The van der Waals surface area contributed by atoms with Crippen LogP contribution in [0.15, 0.2) is 54.0 Å². The third-order valence-corrected chi connectivity index (χ3v) is 7.53. The number of amides is 2. The fourth-order valence-corrected chi connectivity index (χ4v) is 5.46. The number of urea groups is 1. The van der Waals surface area contributed by atoms with Crippen LogP contribution in [0, 0.1) is 6.92 Å². The Balaban J connectivity index is 1.34. The lowest BCUT2D eigenvalue weighted by Gasteiger charge is -2.25. The van der Waals surface area contributed by atoms with Crippen molar-refractivity contribution in [2.24, 2.45) is 0 Å². The second-order valence-electron chi connectivity index (χ2n) is 9.20.